The van der Waals surface area contributed by atoms with Crippen LogP contribution in [0.5, 0.6) is 0 Å². The number of nitrogens with one attached hydrogen (secondary N) is 2. The number of anilines is 1. The van der Waals surface area contributed by atoms with Gasteiger partial charge in [-0.15, -0.1) is 0 Å². The second-order valence-electron chi connectivity index (χ2n) is 7.19. The molecule has 0 amide bonds. The zero-order valence-corrected chi connectivity index (χ0v) is 17.9. The Bertz CT molecular complexity index is 998. The summed E-state index contributed by atoms with van der Waals surface area (Å²) in [6.07, 6.45) is 6.16. The van der Waals surface area contributed by atoms with E-state index in [4.69, 9.17) is 15.9 Å². The van der Waals surface area contributed by atoms with Gasteiger partial charge in [0.15, 0.2) is 5.65 Å². The fraction of sp³-hybridized carbons (Fsp3) is 0.500. The molecule has 1 fully saturated rings. The molecular formula is C20H27N7O2S. The molecule has 0 bridgehead atoms. The molecule has 0 unspecified atom stereocenters. The highest BCUT2D eigenvalue weighted by molar-refractivity contribution is 7.85. The van der Waals surface area contributed by atoms with E-state index in [1.54, 1.807) is 6.20 Å². The summed E-state index contributed by atoms with van der Waals surface area (Å²) in [6, 6.07) is 4.38. The number of ether oxygens (including phenoxy) is 1. The number of fused-ring (bicyclic) bond motifs is 1. The molecule has 10 heteroatoms. The third-order valence-electron chi connectivity index (χ3n) is 5.18. The van der Waals surface area contributed by atoms with Gasteiger partial charge in [0.1, 0.15) is 11.6 Å². The average Bonchev–Trinajstić information content (AvgIpc) is 3.18. The van der Waals surface area contributed by atoms with Gasteiger partial charge in [-0.1, -0.05) is 6.92 Å². The molecule has 2 aromatic heterocycles. The summed E-state index contributed by atoms with van der Waals surface area (Å²) in [5.41, 5.74) is 6.64. The van der Waals surface area contributed by atoms with Gasteiger partial charge < -0.3 is 21.2 Å². The van der Waals surface area contributed by atoms with Crippen molar-refractivity contribution in [3.63, 3.8) is 0 Å². The molecule has 0 spiro atoms. The lowest BCUT2D eigenvalue weighted by Gasteiger charge is -2.31. The molecule has 0 atom stereocenters. The molecular weight excluding hydrogens is 402 g/mol. The number of hydrogen-bond donors (Lipinski definition) is 3. The molecule has 9 nitrogen and oxygen atoms in total. The highest BCUT2D eigenvalue weighted by Gasteiger charge is 2.38. The van der Waals surface area contributed by atoms with Gasteiger partial charge in [0.2, 0.25) is 0 Å². The van der Waals surface area contributed by atoms with E-state index in [-0.39, 0.29) is 5.82 Å². The highest BCUT2D eigenvalue weighted by Crippen LogP contribution is 2.39. The molecule has 3 heterocycles. The van der Waals surface area contributed by atoms with Crippen LogP contribution in [0.4, 0.5) is 5.82 Å². The smallest absolute Gasteiger partial charge is 0.167 e. The second-order valence-corrected chi connectivity index (χ2v) is 8.88. The van der Waals surface area contributed by atoms with Crippen LogP contribution in [-0.4, -0.2) is 56.5 Å². The maximum atomic E-state index is 11.9. The first-order valence-corrected chi connectivity index (χ1v) is 11.5. The van der Waals surface area contributed by atoms with Gasteiger partial charge in [0, 0.05) is 47.1 Å². The van der Waals surface area contributed by atoms with E-state index in [0.717, 1.165) is 23.6 Å². The van der Waals surface area contributed by atoms with Gasteiger partial charge in [-0.25, -0.2) is 4.98 Å². The van der Waals surface area contributed by atoms with Gasteiger partial charge in [0.05, 0.1) is 24.3 Å². The first-order chi connectivity index (χ1) is 14.5. The second kappa shape index (κ2) is 9.82. The van der Waals surface area contributed by atoms with Crippen LogP contribution in [0, 0.1) is 16.7 Å². The summed E-state index contributed by atoms with van der Waals surface area (Å²) in [5, 5.41) is 25.7. The summed E-state index contributed by atoms with van der Waals surface area (Å²) in [7, 11) is -0.888. The van der Waals surface area contributed by atoms with Crippen LogP contribution in [0.2, 0.25) is 0 Å². The highest BCUT2D eigenvalue weighted by atomic mass is 32.2. The number of rotatable bonds is 9. The monoisotopic (exact) mass is 429 g/mol. The van der Waals surface area contributed by atoms with Crippen LogP contribution in [-0.2, 0) is 21.0 Å². The van der Waals surface area contributed by atoms with Gasteiger partial charge in [-0.3, -0.25) is 4.21 Å². The molecule has 4 N–H and O–H groups in total. The lowest BCUT2D eigenvalue weighted by molar-refractivity contribution is 0.144. The fourth-order valence-electron chi connectivity index (χ4n) is 3.57. The Kier molecular flexibility index (Phi) is 7.18. The Morgan fingerprint density at radius 1 is 1.50 bits per heavy atom. The Hall–Kier alpha value is -2.77. The third-order valence-corrected chi connectivity index (χ3v) is 6.50. The fourth-order valence-corrected chi connectivity index (χ4v) is 4.93. The van der Waals surface area contributed by atoms with Crippen LogP contribution >= 0.6 is 0 Å². The Labute approximate surface area is 178 Å². The zero-order chi connectivity index (χ0) is 21.6. The molecule has 0 aliphatic carbocycles. The zero-order valence-electron chi connectivity index (χ0n) is 17.1. The van der Waals surface area contributed by atoms with E-state index < -0.39 is 16.2 Å². The first kappa shape index (κ1) is 21.9. The SMILES string of the molecule is CCCOCCNc1cc(C2(C#N)CCS(=O)CC2)c2cnn(C(N)=CC=N)c2n1. The quantitative estimate of drug-likeness (QED) is 0.408. The van der Waals surface area contributed by atoms with E-state index in [1.165, 1.54) is 10.8 Å². The summed E-state index contributed by atoms with van der Waals surface area (Å²) in [5.74, 6) is 1.85. The molecule has 0 aromatic carbocycles. The summed E-state index contributed by atoms with van der Waals surface area (Å²) >= 11 is 0. The molecule has 1 aliphatic heterocycles. The van der Waals surface area contributed by atoms with Gasteiger partial charge in [0.25, 0.3) is 0 Å². The molecule has 2 aromatic rings. The molecule has 3 rings (SSSR count). The minimum atomic E-state index is -0.888. The van der Waals surface area contributed by atoms with Crippen LogP contribution in [0.3, 0.4) is 0 Å². The summed E-state index contributed by atoms with van der Waals surface area (Å²) < 4.78 is 18.9. The number of nitrogens with two attached hydrogens (primary N) is 1. The largest absolute Gasteiger partial charge is 0.384 e. The van der Waals surface area contributed by atoms with Crippen molar-refractivity contribution < 1.29 is 8.95 Å². The van der Waals surface area contributed by atoms with E-state index in [9.17, 15) is 9.47 Å². The van der Waals surface area contributed by atoms with Crippen molar-refractivity contribution in [3.8, 4) is 6.07 Å². The molecule has 30 heavy (non-hydrogen) atoms. The number of pyridine rings is 1. The van der Waals surface area contributed by atoms with Gasteiger partial charge in [-0.05, 0) is 37.0 Å². The van der Waals surface area contributed by atoms with Crippen molar-refractivity contribution in [2.24, 2.45) is 5.73 Å². The third kappa shape index (κ3) is 4.52. The van der Waals surface area contributed by atoms with Crippen LogP contribution in [0.25, 0.3) is 16.9 Å². The molecule has 0 radical (unpaired) electrons. The minimum Gasteiger partial charge on any atom is -0.384 e. The first-order valence-electron chi connectivity index (χ1n) is 9.98. The predicted octanol–water partition coefficient (Wildman–Crippen LogP) is 1.98. The van der Waals surface area contributed by atoms with E-state index >= 15 is 0 Å². The number of nitriles is 1. The van der Waals surface area contributed by atoms with E-state index in [0.29, 0.717) is 55.6 Å². The normalized spacial score (nSPS) is 22.0. The Morgan fingerprint density at radius 2 is 2.27 bits per heavy atom. The summed E-state index contributed by atoms with van der Waals surface area (Å²) in [4.78, 5) is 4.66. The van der Waals surface area contributed by atoms with Crippen molar-refractivity contribution in [2.45, 2.75) is 31.6 Å². The molecule has 1 aliphatic rings. The van der Waals surface area contributed by atoms with Crippen LogP contribution < -0.4 is 11.1 Å². The number of aromatic nitrogens is 3. The molecule has 1 saturated heterocycles. The van der Waals surface area contributed by atoms with Crippen LogP contribution in [0.15, 0.2) is 18.3 Å². The lowest BCUT2D eigenvalue weighted by atomic mass is 9.76. The number of hydrogen-bond acceptors (Lipinski definition) is 8. The van der Waals surface area contributed by atoms with Crippen molar-refractivity contribution in [2.75, 3.05) is 36.6 Å². The van der Waals surface area contributed by atoms with Gasteiger partial charge in [-0.2, -0.15) is 15.0 Å². The Morgan fingerprint density at radius 3 is 2.93 bits per heavy atom. The maximum Gasteiger partial charge on any atom is 0.167 e. The number of allylic oxidation sites excluding steroid dienone is 1. The molecule has 0 saturated carbocycles. The van der Waals surface area contributed by atoms with Crippen LogP contribution in [0.1, 0.15) is 31.7 Å². The Balaban J connectivity index is 2.05. The minimum absolute atomic E-state index is 0.262. The van der Waals surface area contributed by atoms with Crippen molar-refractivity contribution in [1.82, 2.24) is 14.8 Å². The van der Waals surface area contributed by atoms with Crippen molar-refractivity contribution >= 4 is 39.7 Å². The maximum absolute atomic E-state index is 11.9. The average molecular weight is 430 g/mol. The van der Waals surface area contributed by atoms with E-state index in [1.807, 2.05) is 6.07 Å². The lowest BCUT2D eigenvalue weighted by Crippen LogP contribution is -2.34. The summed E-state index contributed by atoms with van der Waals surface area (Å²) in [6.45, 7) is 3.87. The number of nitrogens with zero attached hydrogens (tertiary/aromatic N) is 4. The van der Waals surface area contributed by atoms with E-state index in [2.05, 4.69) is 28.4 Å². The topological polar surface area (TPSA) is 143 Å². The van der Waals surface area contributed by atoms with Crippen molar-refractivity contribution in [1.29, 1.82) is 10.7 Å². The van der Waals surface area contributed by atoms with Crippen molar-refractivity contribution in [3.05, 3.63) is 23.9 Å². The predicted molar refractivity (Wildman–Crippen MR) is 119 cm³/mol. The standard InChI is InChI=1S/C20H27N7O2S/c1-2-8-29-9-7-24-18-12-16(20(14-22)4-10-30(28)11-5-20)15-13-25-27(19(15)26-18)17(23)3-6-21/h3,6,12-13,21H,2,4-5,7-11,23H2,1H3,(H,24,26). The van der Waals surface area contributed by atoms with Gasteiger partial charge >= 0.3 is 0 Å². The molecule has 160 valence electrons.